The molecule has 0 heterocycles. The first-order valence-electron chi connectivity index (χ1n) is 26.0. The van der Waals surface area contributed by atoms with Crippen LogP contribution in [0.5, 0.6) is 0 Å². The van der Waals surface area contributed by atoms with Crippen LogP contribution in [0.25, 0.3) is 0 Å². The monoisotopic (exact) mass is 896 g/mol. The lowest BCUT2D eigenvalue weighted by Crippen LogP contribution is -2.55. The van der Waals surface area contributed by atoms with E-state index in [2.05, 4.69) is 86.8 Å². The van der Waals surface area contributed by atoms with Crippen molar-refractivity contribution >= 4 is 17.9 Å². The van der Waals surface area contributed by atoms with Crippen LogP contribution < -0.4 is 5.11 Å². The van der Waals surface area contributed by atoms with Crippen LogP contribution in [0.4, 0.5) is 0 Å². The van der Waals surface area contributed by atoms with Crippen LogP contribution in [-0.4, -0.2) is 75.5 Å². The number of aliphatic carboxylic acids is 1. The number of rotatable bonds is 46. The number of allylic oxidation sites excluding steroid dienone is 12. The van der Waals surface area contributed by atoms with Gasteiger partial charge in [-0.05, 0) is 83.5 Å². The first kappa shape index (κ1) is 60.8. The zero-order valence-electron chi connectivity index (χ0n) is 41.9. The van der Waals surface area contributed by atoms with Crippen LogP contribution >= 0.6 is 0 Å². The maximum absolute atomic E-state index is 12.8. The van der Waals surface area contributed by atoms with Gasteiger partial charge in [0.1, 0.15) is 12.6 Å². The molecule has 0 rings (SSSR count). The summed E-state index contributed by atoms with van der Waals surface area (Å²) >= 11 is 0. The highest BCUT2D eigenvalue weighted by Crippen LogP contribution is 2.14. The topological polar surface area (TPSA) is 102 Å². The van der Waals surface area contributed by atoms with Crippen molar-refractivity contribution in [2.24, 2.45) is 0 Å². The van der Waals surface area contributed by atoms with Crippen LogP contribution in [0.15, 0.2) is 72.9 Å². The number of hydrogen-bond donors (Lipinski definition) is 0. The number of esters is 2. The van der Waals surface area contributed by atoms with Gasteiger partial charge < -0.3 is 28.6 Å². The lowest BCUT2D eigenvalue weighted by atomic mass is 10.1. The second kappa shape index (κ2) is 46.3. The molecule has 0 radical (unpaired) electrons. The molecule has 0 aliphatic carbocycles. The molecule has 0 amide bonds. The van der Waals surface area contributed by atoms with E-state index in [-0.39, 0.29) is 49.1 Å². The summed E-state index contributed by atoms with van der Waals surface area (Å²) in [6, 6.07) is -0.736. The molecule has 0 fully saturated rings. The fourth-order valence-corrected chi connectivity index (χ4v) is 7.33. The zero-order chi connectivity index (χ0) is 47.0. The third kappa shape index (κ3) is 44.0. The lowest BCUT2D eigenvalue weighted by molar-refractivity contribution is -0.889. The summed E-state index contributed by atoms with van der Waals surface area (Å²) in [6.45, 7) is 4.52. The number of carboxylic acid groups (broad SMARTS) is 1. The smallest absolute Gasteiger partial charge is 0.306 e. The van der Waals surface area contributed by atoms with E-state index >= 15 is 0 Å². The van der Waals surface area contributed by atoms with Gasteiger partial charge in [-0.15, -0.1) is 0 Å². The predicted molar refractivity (Wildman–Crippen MR) is 268 cm³/mol. The fourth-order valence-electron chi connectivity index (χ4n) is 7.33. The molecule has 0 aliphatic rings. The molecule has 0 saturated carbocycles. The second-order valence-corrected chi connectivity index (χ2v) is 18.4. The van der Waals surface area contributed by atoms with Crippen molar-refractivity contribution < 1.29 is 38.2 Å². The number of carboxylic acids is 1. The minimum Gasteiger partial charge on any atom is -0.544 e. The molecular weight excluding hydrogens is 799 g/mol. The number of quaternary nitrogens is 1. The van der Waals surface area contributed by atoms with Crippen molar-refractivity contribution in [3.8, 4) is 0 Å². The van der Waals surface area contributed by atoms with Crippen molar-refractivity contribution in [3.63, 3.8) is 0 Å². The Hall–Kier alpha value is -3.23. The van der Waals surface area contributed by atoms with Gasteiger partial charge in [0.05, 0.1) is 40.3 Å². The van der Waals surface area contributed by atoms with Crippen molar-refractivity contribution in [1.29, 1.82) is 0 Å². The molecule has 64 heavy (non-hydrogen) atoms. The van der Waals surface area contributed by atoms with E-state index in [1.807, 2.05) is 0 Å². The standard InChI is InChI=1S/C56H97NO7/c1-6-8-10-12-14-16-18-20-22-24-26-27-29-30-32-34-36-38-40-42-44-46-54(58)63-51-52(50-62-49-48-53(56(60)61)57(3,4)5)64-55(59)47-45-43-41-39-37-35-33-31-28-25-23-21-19-17-15-13-11-9-7-2/h9,11,15,17,21,23-24,26,28,31,35,37,52-53H,6-8,10,12-14,16,18-20,22,25,27,29-30,32-34,36,38-51H2,1-5H3/b11-9-,17-15-,23-21-,26-24-,31-28-,37-35-. The normalized spacial score (nSPS) is 13.5. The highest BCUT2D eigenvalue weighted by atomic mass is 16.6. The number of hydrogen-bond acceptors (Lipinski definition) is 7. The van der Waals surface area contributed by atoms with Gasteiger partial charge in [-0.1, -0.05) is 183 Å². The van der Waals surface area contributed by atoms with Crippen LogP contribution in [0.1, 0.15) is 213 Å². The second-order valence-electron chi connectivity index (χ2n) is 18.4. The van der Waals surface area contributed by atoms with Crippen molar-refractivity contribution in [2.75, 3.05) is 41.0 Å². The Morgan fingerprint density at radius 2 is 0.875 bits per heavy atom. The van der Waals surface area contributed by atoms with Crippen LogP contribution in [0, 0.1) is 0 Å². The number of nitrogens with zero attached hydrogens (tertiary/aromatic N) is 1. The maximum Gasteiger partial charge on any atom is 0.306 e. The number of ether oxygens (including phenoxy) is 3. The van der Waals surface area contributed by atoms with Gasteiger partial charge in [-0.25, -0.2) is 0 Å². The van der Waals surface area contributed by atoms with Gasteiger partial charge in [0.2, 0.25) is 0 Å². The molecule has 2 unspecified atom stereocenters. The summed E-state index contributed by atoms with van der Waals surface area (Å²) in [4.78, 5) is 37.0. The Balaban J connectivity index is 4.30. The summed E-state index contributed by atoms with van der Waals surface area (Å²) in [5.41, 5.74) is 0. The van der Waals surface area contributed by atoms with E-state index in [0.29, 0.717) is 12.8 Å². The lowest BCUT2D eigenvalue weighted by Gasteiger charge is -2.34. The highest BCUT2D eigenvalue weighted by molar-refractivity contribution is 5.70. The van der Waals surface area contributed by atoms with Crippen LogP contribution in [0.2, 0.25) is 0 Å². The molecule has 2 atom stereocenters. The van der Waals surface area contributed by atoms with E-state index in [4.69, 9.17) is 14.2 Å². The van der Waals surface area contributed by atoms with Crippen molar-refractivity contribution in [2.45, 2.75) is 225 Å². The highest BCUT2D eigenvalue weighted by Gasteiger charge is 2.25. The minimum absolute atomic E-state index is 0.0239. The van der Waals surface area contributed by atoms with Crippen LogP contribution in [-0.2, 0) is 28.6 Å². The quantitative estimate of drug-likeness (QED) is 0.0259. The SMILES string of the molecule is CC/C=C\C/C=C\C/C=C\C/C=C\C/C=C\CCCCCC(=O)OC(COCCC(C(=O)[O-])[N+](C)(C)C)COC(=O)CCCCCCCCCCC/C=C\CCCCCCCCCC. The first-order valence-corrected chi connectivity index (χ1v) is 26.0. The van der Waals surface area contributed by atoms with Crippen LogP contribution in [0.3, 0.4) is 0 Å². The fraction of sp³-hybridized carbons (Fsp3) is 0.732. The van der Waals surface area contributed by atoms with Gasteiger partial charge in [-0.3, -0.25) is 9.59 Å². The third-order valence-electron chi connectivity index (χ3n) is 11.3. The average molecular weight is 896 g/mol. The summed E-state index contributed by atoms with van der Waals surface area (Å²) in [7, 11) is 5.40. The molecule has 368 valence electrons. The van der Waals surface area contributed by atoms with Gasteiger partial charge in [0.15, 0.2) is 6.10 Å². The summed E-state index contributed by atoms with van der Waals surface area (Å²) in [6.07, 6.45) is 59.3. The molecular formula is C56H97NO7. The Morgan fingerprint density at radius 1 is 0.484 bits per heavy atom. The molecule has 0 spiro atoms. The number of carbonyl (C=O) groups is 3. The zero-order valence-corrected chi connectivity index (χ0v) is 41.9. The summed E-state index contributed by atoms with van der Waals surface area (Å²) in [5.74, 6) is -1.78. The van der Waals surface area contributed by atoms with E-state index < -0.39 is 18.1 Å². The van der Waals surface area contributed by atoms with E-state index in [1.54, 1.807) is 21.1 Å². The third-order valence-corrected chi connectivity index (χ3v) is 11.3. The number of unbranched alkanes of at least 4 members (excludes halogenated alkanes) is 20. The Morgan fingerprint density at radius 3 is 1.33 bits per heavy atom. The molecule has 0 aromatic heterocycles. The van der Waals surface area contributed by atoms with Gasteiger partial charge in [0, 0.05) is 19.3 Å². The Kier molecular flexibility index (Phi) is 44.0. The molecule has 0 saturated heterocycles. The summed E-state index contributed by atoms with van der Waals surface area (Å²) in [5, 5.41) is 11.7. The maximum atomic E-state index is 12.8. The average Bonchev–Trinajstić information content (AvgIpc) is 3.26. The molecule has 0 N–H and O–H groups in total. The molecule has 0 aromatic carbocycles. The Bertz CT molecular complexity index is 1270. The molecule has 8 heteroatoms. The summed E-state index contributed by atoms with van der Waals surface area (Å²) < 4.78 is 17.2. The molecule has 0 aromatic rings. The molecule has 0 aliphatic heterocycles. The predicted octanol–water partition coefficient (Wildman–Crippen LogP) is 13.8. The van der Waals surface area contributed by atoms with Gasteiger partial charge in [0.25, 0.3) is 0 Å². The van der Waals surface area contributed by atoms with Gasteiger partial charge in [-0.2, -0.15) is 0 Å². The minimum atomic E-state index is -1.13. The molecule has 0 bridgehead atoms. The Labute approximate surface area is 393 Å². The first-order chi connectivity index (χ1) is 31.1. The van der Waals surface area contributed by atoms with Crippen molar-refractivity contribution in [3.05, 3.63) is 72.9 Å². The van der Waals surface area contributed by atoms with Crippen molar-refractivity contribution in [1.82, 2.24) is 0 Å². The number of carbonyl (C=O) groups excluding carboxylic acids is 3. The number of likely N-dealkylation sites (N-methyl/N-ethyl adjacent to an activating group) is 1. The largest absolute Gasteiger partial charge is 0.544 e. The van der Waals surface area contributed by atoms with E-state index in [1.165, 1.54) is 103 Å². The van der Waals surface area contributed by atoms with Gasteiger partial charge >= 0.3 is 11.9 Å². The van der Waals surface area contributed by atoms with E-state index in [9.17, 15) is 19.5 Å². The molecule has 8 nitrogen and oxygen atoms in total. The van der Waals surface area contributed by atoms with E-state index in [0.717, 1.165) is 70.6 Å².